The van der Waals surface area contributed by atoms with E-state index in [0.717, 1.165) is 6.42 Å². The predicted molar refractivity (Wildman–Crippen MR) is 96.3 cm³/mol. The summed E-state index contributed by atoms with van der Waals surface area (Å²) in [4.78, 5) is 28.5. The number of hydrogen-bond acceptors (Lipinski definition) is 3. The molecule has 126 valence electrons. The molecule has 1 heterocycles. The lowest BCUT2D eigenvalue weighted by Crippen LogP contribution is -2.18. The number of benzene rings is 1. The summed E-state index contributed by atoms with van der Waals surface area (Å²) in [5, 5.41) is 5.98. The first kappa shape index (κ1) is 17.9. The topological polar surface area (TPSA) is 71.1 Å². The smallest absolute Gasteiger partial charge is 0.258 e. The van der Waals surface area contributed by atoms with Crippen molar-refractivity contribution in [2.75, 3.05) is 10.6 Å². The van der Waals surface area contributed by atoms with Crippen LogP contribution in [0.5, 0.6) is 0 Å². The van der Waals surface area contributed by atoms with Gasteiger partial charge in [-0.3, -0.25) is 9.59 Å². The SMILES string of the molecule is CC(C)CCC(=O)Nc1ccccc1C(=O)Nc1ccc(Cl)cn1. The summed E-state index contributed by atoms with van der Waals surface area (Å²) in [6, 6.07) is 10.1. The molecule has 0 aliphatic carbocycles. The largest absolute Gasteiger partial charge is 0.325 e. The molecule has 0 spiro atoms. The zero-order valence-corrected chi connectivity index (χ0v) is 14.4. The van der Waals surface area contributed by atoms with E-state index < -0.39 is 0 Å². The third-order valence-electron chi connectivity index (χ3n) is 3.36. The van der Waals surface area contributed by atoms with Crippen molar-refractivity contribution in [1.29, 1.82) is 0 Å². The summed E-state index contributed by atoms with van der Waals surface area (Å²) in [7, 11) is 0. The van der Waals surface area contributed by atoms with Gasteiger partial charge in [-0.25, -0.2) is 4.98 Å². The van der Waals surface area contributed by atoms with Gasteiger partial charge in [0, 0.05) is 12.6 Å². The van der Waals surface area contributed by atoms with E-state index in [0.29, 0.717) is 34.4 Å². The number of halogens is 1. The van der Waals surface area contributed by atoms with E-state index in [1.54, 1.807) is 36.4 Å². The Labute approximate surface area is 146 Å². The van der Waals surface area contributed by atoms with Gasteiger partial charge in [-0.05, 0) is 36.6 Å². The monoisotopic (exact) mass is 345 g/mol. The van der Waals surface area contributed by atoms with Gasteiger partial charge in [-0.1, -0.05) is 37.6 Å². The highest BCUT2D eigenvalue weighted by atomic mass is 35.5. The van der Waals surface area contributed by atoms with E-state index in [4.69, 9.17) is 11.6 Å². The van der Waals surface area contributed by atoms with Gasteiger partial charge in [-0.2, -0.15) is 0 Å². The van der Waals surface area contributed by atoms with Crippen LogP contribution < -0.4 is 10.6 Å². The van der Waals surface area contributed by atoms with Gasteiger partial charge in [0.15, 0.2) is 0 Å². The van der Waals surface area contributed by atoms with Crippen LogP contribution in [0.3, 0.4) is 0 Å². The molecule has 0 atom stereocenters. The summed E-state index contributed by atoms with van der Waals surface area (Å²) in [5.41, 5.74) is 0.866. The Balaban J connectivity index is 2.08. The van der Waals surface area contributed by atoms with Crippen LogP contribution in [-0.4, -0.2) is 16.8 Å². The number of para-hydroxylation sites is 1. The molecular weight excluding hydrogens is 326 g/mol. The van der Waals surface area contributed by atoms with E-state index in [-0.39, 0.29) is 11.8 Å². The molecular formula is C18H20ClN3O2. The summed E-state index contributed by atoms with van der Waals surface area (Å²) < 4.78 is 0. The third-order valence-corrected chi connectivity index (χ3v) is 3.59. The number of aromatic nitrogens is 1. The molecule has 0 aliphatic heterocycles. The average Bonchev–Trinajstić information content (AvgIpc) is 2.55. The van der Waals surface area contributed by atoms with Crippen LogP contribution in [0.1, 0.15) is 37.0 Å². The van der Waals surface area contributed by atoms with E-state index in [1.807, 2.05) is 0 Å². The maximum absolute atomic E-state index is 12.4. The first-order chi connectivity index (χ1) is 11.5. The summed E-state index contributed by atoms with van der Waals surface area (Å²) in [6.45, 7) is 4.13. The van der Waals surface area contributed by atoms with Crippen LogP contribution in [0.2, 0.25) is 5.02 Å². The molecule has 1 aromatic carbocycles. The number of rotatable bonds is 6. The van der Waals surface area contributed by atoms with E-state index in [1.165, 1.54) is 6.20 Å². The lowest BCUT2D eigenvalue weighted by molar-refractivity contribution is -0.116. The fraction of sp³-hybridized carbons (Fsp3) is 0.278. The molecule has 0 unspecified atom stereocenters. The van der Waals surface area contributed by atoms with Crippen molar-refractivity contribution >= 4 is 34.9 Å². The van der Waals surface area contributed by atoms with Crippen LogP contribution in [0, 0.1) is 5.92 Å². The molecule has 0 fully saturated rings. The minimum atomic E-state index is -0.343. The van der Waals surface area contributed by atoms with Crippen LogP contribution in [0.25, 0.3) is 0 Å². The lowest BCUT2D eigenvalue weighted by atomic mass is 10.1. The number of nitrogens with zero attached hydrogens (tertiary/aromatic N) is 1. The molecule has 24 heavy (non-hydrogen) atoms. The molecule has 6 heteroatoms. The highest BCUT2D eigenvalue weighted by Gasteiger charge is 2.14. The normalized spacial score (nSPS) is 10.5. The Bertz CT molecular complexity index is 714. The molecule has 0 radical (unpaired) electrons. The van der Waals surface area contributed by atoms with E-state index >= 15 is 0 Å². The van der Waals surface area contributed by atoms with Crippen molar-refractivity contribution in [3.8, 4) is 0 Å². The summed E-state index contributed by atoms with van der Waals surface area (Å²) >= 11 is 5.78. The Morgan fingerprint density at radius 1 is 1.12 bits per heavy atom. The molecule has 2 rings (SSSR count). The van der Waals surface area contributed by atoms with Gasteiger partial charge >= 0.3 is 0 Å². The standard InChI is InChI=1S/C18H20ClN3O2/c1-12(2)7-10-17(23)21-15-6-4-3-5-14(15)18(24)22-16-9-8-13(19)11-20-16/h3-6,8-9,11-12H,7,10H2,1-2H3,(H,21,23)(H,20,22,24). The summed E-state index contributed by atoms with van der Waals surface area (Å²) in [6.07, 6.45) is 2.68. The van der Waals surface area contributed by atoms with Crippen molar-refractivity contribution < 1.29 is 9.59 Å². The first-order valence-electron chi connectivity index (χ1n) is 7.77. The third kappa shape index (κ3) is 5.35. The van der Waals surface area contributed by atoms with Gasteiger partial charge < -0.3 is 10.6 Å². The fourth-order valence-corrected chi connectivity index (χ4v) is 2.17. The predicted octanol–water partition coefficient (Wildman–Crippen LogP) is 4.36. The second-order valence-corrected chi connectivity index (χ2v) is 6.28. The quantitative estimate of drug-likeness (QED) is 0.817. The van der Waals surface area contributed by atoms with Crippen LogP contribution in [0.15, 0.2) is 42.6 Å². The molecule has 2 amide bonds. The number of carbonyl (C=O) groups excluding carboxylic acids is 2. The van der Waals surface area contributed by atoms with Crippen LogP contribution in [0.4, 0.5) is 11.5 Å². The minimum Gasteiger partial charge on any atom is -0.325 e. The number of pyridine rings is 1. The Morgan fingerprint density at radius 3 is 2.54 bits per heavy atom. The van der Waals surface area contributed by atoms with Crippen molar-refractivity contribution in [2.45, 2.75) is 26.7 Å². The fourth-order valence-electron chi connectivity index (χ4n) is 2.06. The van der Waals surface area contributed by atoms with Gasteiger partial charge in [0.05, 0.1) is 16.3 Å². The van der Waals surface area contributed by atoms with Crippen molar-refractivity contribution in [3.05, 3.63) is 53.2 Å². The second-order valence-electron chi connectivity index (χ2n) is 5.84. The Hall–Kier alpha value is -2.40. The molecule has 0 saturated heterocycles. The van der Waals surface area contributed by atoms with Crippen LogP contribution in [-0.2, 0) is 4.79 Å². The Morgan fingerprint density at radius 2 is 1.88 bits per heavy atom. The average molecular weight is 346 g/mol. The zero-order chi connectivity index (χ0) is 17.5. The highest BCUT2D eigenvalue weighted by Crippen LogP contribution is 2.18. The first-order valence-corrected chi connectivity index (χ1v) is 8.15. The van der Waals surface area contributed by atoms with E-state index in [2.05, 4.69) is 29.5 Å². The minimum absolute atomic E-state index is 0.103. The molecule has 2 N–H and O–H groups in total. The van der Waals surface area contributed by atoms with E-state index in [9.17, 15) is 9.59 Å². The number of nitrogens with one attached hydrogen (secondary N) is 2. The van der Waals surface area contributed by atoms with Crippen molar-refractivity contribution in [1.82, 2.24) is 4.98 Å². The molecule has 5 nitrogen and oxygen atoms in total. The number of hydrogen-bond donors (Lipinski definition) is 2. The van der Waals surface area contributed by atoms with Gasteiger partial charge in [0.2, 0.25) is 5.91 Å². The van der Waals surface area contributed by atoms with Crippen LogP contribution >= 0.6 is 11.6 Å². The number of anilines is 2. The molecule has 0 aliphatic rings. The van der Waals surface area contributed by atoms with Gasteiger partial charge in [0.1, 0.15) is 5.82 Å². The van der Waals surface area contributed by atoms with Gasteiger partial charge in [-0.15, -0.1) is 0 Å². The number of amides is 2. The number of carbonyl (C=O) groups is 2. The zero-order valence-electron chi connectivity index (χ0n) is 13.7. The maximum atomic E-state index is 12.4. The second kappa shape index (κ2) is 8.45. The highest BCUT2D eigenvalue weighted by molar-refractivity contribution is 6.30. The van der Waals surface area contributed by atoms with Gasteiger partial charge in [0.25, 0.3) is 5.91 Å². The summed E-state index contributed by atoms with van der Waals surface area (Å²) in [5.74, 6) is 0.397. The molecule has 0 saturated carbocycles. The molecule has 0 bridgehead atoms. The molecule has 2 aromatic rings. The lowest BCUT2D eigenvalue weighted by Gasteiger charge is -2.11. The van der Waals surface area contributed by atoms with Crippen molar-refractivity contribution in [2.24, 2.45) is 5.92 Å². The maximum Gasteiger partial charge on any atom is 0.258 e. The van der Waals surface area contributed by atoms with Crippen molar-refractivity contribution in [3.63, 3.8) is 0 Å². The molecule has 1 aromatic heterocycles. The Kier molecular flexibility index (Phi) is 6.32.